The highest BCUT2D eigenvalue weighted by Crippen LogP contribution is 2.26. The smallest absolute Gasteiger partial charge is 0.244 e. The van der Waals surface area contributed by atoms with Crippen LogP contribution in [0.25, 0.3) is 6.08 Å². The molecule has 7 heteroatoms. The minimum Gasteiger partial charge on any atom is -0.363 e. The van der Waals surface area contributed by atoms with E-state index >= 15 is 0 Å². The molecule has 1 amide bonds. The van der Waals surface area contributed by atoms with Gasteiger partial charge in [-0.2, -0.15) is 4.98 Å². The summed E-state index contributed by atoms with van der Waals surface area (Å²) in [6.45, 7) is 0.699. The predicted octanol–water partition coefficient (Wildman–Crippen LogP) is 4.00. The summed E-state index contributed by atoms with van der Waals surface area (Å²) in [6.07, 6.45) is 9.31. The van der Waals surface area contributed by atoms with Gasteiger partial charge in [0.1, 0.15) is 5.82 Å². The Morgan fingerprint density at radius 3 is 2.69 bits per heavy atom. The molecule has 3 rings (SSSR count). The third-order valence-corrected chi connectivity index (χ3v) is 5.51. The summed E-state index contributed by atoms with van der Waals surface area (Å²) >= 11 is 6.10. The van der Waals surface area contributed by atoms with Gasteiger partial charge < -0.3 is 15.5 Å². The molecule has 1 aliphatic carbocycles. The second kappa shape index (κ2) is 10.3. The maximum atomic E-state index is 12.1. The Labute approximate surface area is 177 Å². The molecule has 0 unspecified atom stereocenters. The van der Waals surface area contributed by atoms with Crippen molar-refractivity contribution in [2.24, 2.45) is 5.92 Å². The highest BCUT2D eigenvalue weighted by Gasteiger charge is 2.22. The first-order valence-corrected chi connectivity index (χ1v) is 10.4. The van der Waals surface area contributed by atoms with Crippen molar-refractivity contribution in [2.75, 3.05) is 30.9 Å². The number of nitrogens with one attached hydrogen (secondary N) is 2. The van der Waals surface area contributed by atoms with Crippen molar-refractivity contribution >= 4 is 35.4 Å². The van der Waals surface area contributed by atoms with Gasteiger partial charge in [-0.1, -0.05) is 29.8 Å². The van der Waals surface area contributed by atoms with Crippen molar-refractivity contribution in [2.45, 2.75) is 31.7 Å². The molecule has 6 nitrogen and oxygen atoms in total. The minimum absolute atomic E-state index is 0.0842. The van der Waals surface area contributed by atoms with E-state index in [4.69, 9.17) is 11.6 Å². The predicted molar refractivity (Wildman–Crippen MR) is 119 cm³/mol. The number of benzene rings is 1. The van der Waals surface area contributed by atoms with Crippen molar-refractivity contribution in [1.82, 2.24) is 15.3 Å². The first-order valence-electron chi connectivity index (χ1n) is 9.98. The highest BCUT2D eigenvalue weighted by molar-refractivity contribution is 6.32. The molecule has 1 aromatic heterocycles. The number of nitrogens with zero attached hydrogens (tertiary/aromatic N) is 3. The second-order valence-corrected chi connectivity index (χ2v) is 8.00. The van der Waals surface area contributed by atoms with Crippen molar-refractivity contribution in [1.29, 1.82) is 0 Å². The van der Waals surface area contributed by atoms with E-state index < -0.39 is 0 Å². The topological polar surface area (TPSA) is 70.2 Å². The Balaban J connectivity index is 1.40. The summed E-state index contributed by atoms with van der Waals surface area (Å²) in [7, 11) is 3.94. The zero-order valence-corrected chi connectivity index (χ0v) is 17.7. The molecule has 1 aliphatic rings. The van der Waals surface area contributed by atoms with Gasteiger partial charge in [0.25, 0.3) is 0 Å². The van der Waals surface area contributed by atoms with Gasteiger partial charge in [0.2, 0.25) is 11.9 Å². The van der Waals surface area contributed by atoms with E-state index in [1.54, 1.807) is 18.3 Å². The van der Waals surface area contributed by atoms with E-state index in [1.807, 2.05) is 49.3 Å². The molecule has 2 aromatic rings. The molecule has 154 valence electrons. The molecule has 1 aromatic carbocycles. The minimum atomic E-state index is -0.0842. The molecule has 0 saturated heterocycles. The lowest BCUT2D eigenvalue weighted by Crippen LogP contribution is -2.33. The maximum absolute atomic E-state index is 12.1. The third kappa shape index (κ3) is 6.46. The van der Waals surface area contributed by atoms with Gasteiger partial charge in [-0.15, -0.1) is 0 Å². The first-order chi connectivity index (χ1) is 14.0. The number of halogens is 1. The standard InChI is InChI=1S/C22H28ClN5O/c1-28(2)20-13-14-24-22(27-20)26-18-10-7-16(8-11-18)15-25-21(29)12-9-17-5-3-4-6-19(17)23/h3-6,9,12-14,16,18H,7-8,10-11,15H2,1-2H3,(H,25,29)(H,24,26,27)/b12-9+. The zero-order valence-electron chi connectivity index (χ0n) is 16.9. The Hall–Kier alpha value is -2.60. The Kier molecular flexibility index (Phi) is 7.47. The quantitative estimate of drug-likeness (QED) is 0.671. The lowest BCUT2D eigenvalue weighted by molar-refractivity contribution is -0.116. The van der Waals surface area contributed by atoms with Crippen molar-refractivity contribution in [3.8, 4) is 0 Å². The number of aromatic nitrogens is 2. The number of carbonyl (C=O) groups excluding carboxylic acids is 1. The van der Waals surface area contributed by atoms with E-state index in [9.17, 15) is 4.79 Å². The van der Waals surface area contributed by atoms with Crippen LogP contribution in [-0.2, 0) is 4.79 Å². The molecule has 2 N–H and O–H groups in total. The van der Waals surface area contributed by atoms with Crippen LogP contribution in [0.15, 0.2) is 42.6 Å². The number of amides is 1. The van der Waals surface area contributed by atoms with E-state index in [1.165, 1.54) is 0 Å². The Bertz CT molecular complexity index is 847. The monoisotopic (exact) mass is 413 g/mol. The van der Waals surface area contributed by atoms with Crippen molar-refractivity contribution in [3.63, 3.8) is 0 Å². The molecule has 29 heavy (non-hydrogen) atoms. The summed E-state index contributed by atoms with van der Waals surface area (Å²) in [5.74, 6) is 1.99. The van der Waals surface area contributed by atoms with Crippen LogP contribution >= 0.6 is 11.6 Å². The number of carbonyl (C=O) groups is 1. The lowest BCUT2D eigenvalue weighted by atomic mass is 9.86. The summed E-state index contributed by atoms with van der Waals surface area (Å²) < 4.78 is 0. The van der Waals surface area contributed by atoms with E-state index in [0.717, 1.165) is 37.1 Å². The SMILES string of the molecule is CN(C)c1ccnc(NC2CCC(CNC(=O)/C=C/c3ccccc3Cl)CC2)n1. The Morgan fingerprint density at radius 1 is 1.21 bits per heavy atom. The van der Waals surface area contributed by atoms with Crippen molar-refractivity contribution in [3.05, 3.63) is 53.2 Å². The molecule has 1 fully saturated rings. The second-order valence-electron chi connectivity index (χ2n) is 7.59. The first kappa shape index (κ1) is 21.1. The molecule has 0 bridgehead atoms. The van der Waals surface area contributed by atoms with Crippen LogP contribution in [0.4, 0.5) is 11.8 Å². The molecular formula is C22H28ClN5O. The average Bonchev–Trinajstić information content (AvgIpc) is 2.73. The summed E-state index contributed by atoms with van der Waals surface area (Å²) in [5.41, 5.74) is 0.844. The van der Waals surface area contributed by atoms with E-state index in [2.05, 4.69) is 20.6 Å². The summed E-state index contributed by atoms with van der Waals surface area (Å²) in [4.78, 5) is 22.9. The van der Waals surface area contributed by atoms with Crippen LogP contribution in [0.3, 0.4) is 0 Å². The van der Waals surface area contributed by atoms with Gasteiger partial charge in [0.05, 0.1) is 0 Å². The van der Waals surface area contributed by atoms with Gasteiger partial charge >= 0.3 is 0 Å². The summed E-state index contributed by atoms with van der Waals surface area (Å²) in [6, 6.07) is 9.74. The molecule has 1 heterocycles. The lowest BCUT2D eigenvalue weighted by Gasteiger charge is -2.29. The normalized spacial score (nSPS) is 19.1. The molecule has 0 aliphatic heterocycles. The van der Waals surface area contributed by atoms with Gasteiger partial charge in [0.15, 0.2) is 0 Å². The average molecular weight is 414 g/mol. The van der Waals surface area contributed by atoms with Gasteiger partial charge in [-0.25, -0.2) is 4.98 Å². The number of rotatable bonds is 7. The highest BCUT2D eigenvalue weighted by atomic mass is 35.5. The molecule has 0 radical (unpaired) electrons. The number of hydrogen-bond donors (Lipinski definition) is 2. The largest absolute Gasteiger partial charge is 0.363 e. The van der Waals surface area contributed by atoms with Gasteiger partial charge in [-0.3, -0.25) is 4.79 Å². The maximum Gasteiger partial charge on any atom is 0.244 e. The summed E-state index contributed by atoms with van der Waals surface area (Å²) in [5, 5.41) is 7.09. The van der Waals surface area contributed by atoms with Crippen LogP contribution in [0.2, 0.25) is 5.02 Å². The fourth-order valence-electron chi connectivity index (χ4n) is 3.44. The van der Waals surface area contributed by atoms with Gasteiger partial charge in [0, 0.05) is 44.0 Å². The fourth-order valence-corrected chi connectivity index (χ4v) is 3.64. The number of hydrogen-bond acceptors (Lipinski definition) is 5. The molecule has 0 spiro atoms. The third-order valence-electron chi connectivity index (χ3n) is 5.16. The molecule has 0 atom stereocenters. The van der Waals surface area contributed by atoms with Crippen LogP contribution in [0, 0.1) is 5.92 Å². The van der Waals surface area contributed by atoms with Crippen molar-refractivity contribution < 1.29 is 4.79 Å². The van der Waals surface area contributed by atoms with Crippen LogP contribution in [0.1, 0.15) is 31.2 Å². The van der Waals surface area contributed by atoms with Crippen LogP contribution in [-0.4, -0.2) is 42.6 Å². The zero-order chi connectivity index (χ0) is 20.6. The fraction of sp³-hybridized carbons (Fsp3) is 0.409. The van der Waals surface area contributed by atoms with E-state index in [-0.39, 0.29) is 5.91 Å². The molecular weight excluding hydrogens is 386 g/mol. The van der Waals surface area contributed by atoms with Gasteiger partial charge in [-0.05, 0) is 55.4 Å². The van der Waals surface area contributed by atoms with Crippen LogP contribution < -0.4 is 15.5 Å². The van der Waals surface area contributed by atoms with E-state index in [0.29, 0.717) is 29.5 Å². The Morgan fingerprint density at radius 2 is 1.97 bits per heavy atom. The molecule has 1 saturated carbocycles. The van der Waals surface area contributed by atoms with Crippen LogP contribution in [0.5, 0.6) is 0 Å². The number of anilines is 2.